The first-order chi connectivity index (χ1) is 15.3. The molecule has 1 atom stereocenters. The third-order valence-corrected chi connectivity index (χ3v) is 6.22. The fraction of sp³-hybridized carbons (Fsp3) is 0.500. The molecule has 1 aliphatic heterocycles. The van der Waals surface area contributed by atoms with Gasteiger partial charge >= 0.3 is 6.09 Å². The van der Waals surface area contributed by atoms with Crippen molar-refractivity contribution in [3.63, 3.8) is 0 Å². The summed E-state index contributed by atoms with van der Waals surface area (Å²) in [4.78, 5) is 35.0. The molecular formula is C26H33N3O3. The Labute approximate surface area is 190 Å². The van der Waals surface area contributed by atoms with Gasteiger partial charge in [0, 0.05) is 29.9 Å². The second kappa shape index (κ2) is 9.31. The molecule has 2 amide bonds. The first-order valence-corrected chi connectivity index (χ1v) is 11.7. The monoisotopic (exact) mass is 435 g/mol. The van der Waals surface area contributed by atoms with Gasteiger partial charge in [-0.1, -0.05) is 24.3 Å². The highest BCUT2D eigenvalue weighted by Gasteiger charge is 2.38. The van der Waals surface area contributed by atoms with E-state index >= 15 is 0 Å². The van der Waals surface area contributed by atoms with Gasteiger partial charge in [-0.25, -0.2) is 9.78 Å². The zero-order chi connectivity index (χ0) is 22.7. The van der Waals surface area contributed by atoms with Crippen LogP contribution >= 0.6 is 0 Å². The van der Waals surface area contributed by atoms with E-state index in [0.29, 0.717) is 17.9 Å². The number of hydrogen-bond donors (Lipinski definition) is 0. The second-order valence-electron chi connectivity index (χ2n) is 9.73. The highest BCUT2D eigenvalue weighted by Crippen LogP contribution is 2.39. The normalized spacial score (nSPS) is 19.2. The smallest absolute Gasteiger partial charge is 0.416 e. The summed E-state index contributed by atoms with van der Waals surface area (Å²) in [5.74, 6) is 0.654. The van der Waals surface area contributed by atoms with Crippen LogP contribution in [0.25, 0.3) is 0 Å². The maximum absolute atomic E-state index is 13.4. The summed E-state index contributed by atoms with van der Waals surface area (Å²) in [5.41, 5.74) is 1.02. The van der Waals surface area contributed by atoms with E-state index in [2.05, 4.69) is 4.98 Å². The molecule has 0 radical (unpaired) electrons. The van der Waals surface area contributed by atoms with Crippen molar-refractivity contribution in [2.75, 3.05) is 11.4 Å². The molecule has 6 heteroatoms. The Morgan fingerprint density at radius 3 is 2.41 bits per heavy atom. The van der Waals surface area contributed by atoms with Gasteiger partial charge in [0.25, 0.3) is 5.91 Å². The minimum atomic E-state index is -0.589. The van der Waals surface area contributed by atoms with E-state index in [9.17, 15) is 9.59 Å². The van der Waals surface area contributed by atoms with E-state index < -0.39 is 5.60 Å². The van der Waals surface area contributed by atoms with Gasteiger partial charge in [0.2, 0.25) is 0 Å². The maximum Gasteiger partial charge on any atom is 0.416 e. The van der Waals surface area contributed by atoms with Crippen LogP contribution in [0.15, 0.2) is 48.7 Å². The van der Waals surface area contributed by atoms with Gasteiger partial charge in [0.1, 0.15) is 11.4 Å². The zero-order valence-electron chi connectivity index (χ0n) is 19.3. The minimum Gasteiger partial charge on any atom is -0.443 e. The van der Waals surface area contributed by atoms with Crippen molar-refractivity contribution in [3.05, 3.63) is 59.8 Å². The number of pyridine rings is 1. The third-order valence-electron chi connectivity index (χ3n) is 6.22. The predicted octanol–water partition coefficient (Wildman–Crippen LogP) is 5.74. The average molecular weight is 436 g/mol. The average Bonchev–Trinajstić information content (AvgIpc) is 2.75. The summed E-state index contributed by atoms with van der Waals surface area (Å²) in [5, 5.41) is 0. The number of carbonyl (C=O) groups excluding carboxylic acids is 2. The maximum atomic E-state index is 13.4. The lowest BCUT2D eigenvalue weighted by Gasteiger charge is -2.41. The van der Waals surface area contributed by atoms with Crippen LogP contribution in [0, 0.1) is 0 Å². The number of carbonyl (C=O) groups is 2. The number of amides is 2. The third kappa shape index (κ3) is 4.79. The van der Waals surface area contributed by atoms with Crippen LogP contribution in [-0.2, 0) is 4.74 Å². The summed E-state index contributed by atoms with van der Waals surface area (Å²) in [6.07, 6.45) is 7.19. The molecule has 1 saturated heterocycles. The van der Waals surface area contributed by atoms with Crippen LogP contribution in [0.5, 0.6) is 0 Å². The number of likely N-dealkylation sites (tertiary alicyclic amines) is 1. The molecule has 0 unspecified atom stereocenters. The van der Waals surface area contributed by atoms with Crippen LogP contribution in [0.3, 0.4) is 0 Å². The molecule has 2 fully saturated rings. The summed E-state index contributed by atoms with van der Waals surface area (Å²) >= 11 is 0. The molecule has 32 heavy (non-hydrogen) atoms. The number of rotatable bonds is 4. The van der Waals surface area contributed by atoms with Crippen LogP contribution in [0.4, 0.5) is 10.6 Å². The van der Waals surface area contributed by atoms with Crippen molar-refractivity contribution < 1.29 is 14.3 Å². The van der Waals surface area contributed by atoms with E-state index in [1.54, 1.807) is 11.1 Å². The number of benzene rings is 1. The van der Waals surface area contributed by atoms with Crippen LogP contribution < -0.4 is 4.90 Å². The van der Waals surface area contributed by atoms with Gasteiger partial charge in [-0.3, -0.25) is 9.69 Å². The van der Waals surface area contributed by atoms with Gasteiger partial charge in [0.15, 0.2) is 0 Å². The molecule has 0 bridgehead atoms. The first kappa shape index (κ1) is 22.3. The molecule has 6 nitrogen and oxygen atoms in total. The number of anilines is 1. The van der Waals surface area contributed by atoms with Crippen molar-refractivity contribution in [3.8, 4) is 0 Å². The predicted molar refractivity (Wildman–Crippen MR) is 125 cm³/mol. The molecule has 2 aromatic rings. The van der Waals surface area contributed by atoms with Gasteiger partial charge in [-0.2, -0.15) is 0 Å². The Balaban J connectivity index is 1.70. The molecule has 2 aliphatic rings. The quantitative estimate of drug-likeness (QED) is 0.614. The number of aromatic nitrogens is 1. The molecule has 4 rings (SSSR count). The van der Waals surface area contributed by atoms with E-state index in [1.165, 1.54) is 0 Å². The van der Waals surface area contributed by atoms with Crippen molar-refractivity contribution in [2.24, 2.45) is 0 Å². The molecule has 1 saturated carbocycles. The number of piperidine rings is 1. The van der Waals surface area contributed by atoms with Crippen molar-refractivity contribution in [1.82, 2.24) is 9.88 Å². The lowest BCUT2D eigenvalue weighted by Crippen LogP contribution is -2.48. The number of ether oxygens (including phenoxy) is 1. The fourth-order valence-corrected chi connectivity index (χ4v) is 4.48. The van der Waals surface area contributed by atoms with Gasteiger partial charge in [-0.15, -0.1) is 0 Å². The second-order valence-corrected chi connectivity index (χ2v) is 9.73. The van der Waals surface area contributed by atoms with Crippen LogP contribution in [0.1, 0.15) is 81.3 Å². The number of hydrogen-bond acceptors (Lipinski definition) is 4. The Kier molecular flexibility index (Phi) is 6.49. The first-order valence-electron chi connectivity index (χ1n) is 11.7. The standard InChI is InChI=1S/C26H33N3O3/c1-26(2,3)32-25(31)29(20-13-9-14-20)23-21(15-10-17-27-23)22-16-7-8-18-28(22)24(30)19-11-5-4-6-12-19/h4-6,10-12,15,17,20,22H,7-9,13-14,16,18H2,1-3H3/t22-/m1/s1. The zero-order valence-corrected chi connectivity index (χ0v) is 19.3. The SMILES string of the molecule is CC(C)(C)OC(=O)N(c1ncccc1[C@H]1CCCCN1C(=O)c1ccccc1)C1CCC1. The molecule has 1 aromatic carbocycles. The summed E-state index contributed by atoms with van der Waals surface area (Å²) < 4.78 is 5.76. The highest BCUT2D eigenvalue weighted by atomic mass is 16.6. The molecule has 0 N–H and O–H groups in total. The lowest BCUT2D eigenvalue weighted by atomic mass is 9.90. The molecule has 2 heterocycles. The fourth-order valence-electron chi connectivity index (χ4n) is 4.48. The van der Waals surface area contributed by atoms with Crippen molar-refractivity contribution >= 4 is 17.8 Å². The molecule has 1 aliphatic carbocycles. The van der Waals surface area contributed by atoms with Crippen molar-refractivity contribution in [1.29, 1.82) is 0 Å². The Morgan fingerprint density at radius 1 is 1.00 bits per heavy atom. The largest absolute Gasteiger partial charge is 0.443 e. The van der Waals surface area contributed by atoms with E-state index in [-0.39, 0.29) is 24.1 Å². The van der Waals surface area contributed by atoms with E-state index in [1.807, 2.05) is 68.1 Å². The highest BCUT2D eigenvalue weighted by molar-refractivity contribution is 5.95. The molecule has 0 spiro atoms. The van der Waals surface area contributed by atoms with Crippen LogP contribution in [0.2, 0.25) is 0 Å². The van der Waals surface area contributed by atoms with E-state index in [0.717, 1.165) is 44.1 Å². The molecule has 170 valence electrons. The summed E-state index contributed by atoms with van der Waals surface area (Å²) in [6.45, 7) is 6.34. The molecular weight excluding hydrogens is 402 g/mol. The van der Waals surface area contributed by atoms with E-state index in [4.69, 9.17) is 4.74 Å². The Bertz CT molecular complexity index is 950. The number of nitrogens with zero attached hydrogens (tertiary/aromatic N) is 3. The summed E-state index contributed by atoms with van der Waals surface area (Å²) in [6, 6.07) is 13.3. The topological polar surface area (TPSA) is 62.7 Å². The van der Waals surface area contributed by atoms with Crippen molar-refractivity contribution in [2.45, 2.75) is 77.0 Å². The van der Waals surface area contributed by atoms with Gasteiger partial charge < -0.3 is 9.64 Å². The Morgan fingerprint density at radius 2 is 1.75 bits per heavy atom. The van der Waals surface area contributed by atoms with Gasteiger partial charge in [-0.05, 0) is 77.5 Å². The van der Waals surface area contributed by atoms with Crippen LogP contribution in [-0.4, -0.2) is 40.1 Å². The Hall–Kier alpha value is -2.89. The molecule has 1 aromatic heterocycles. The minimum absolute atomic E-state index is 0.0255. The van der Waals surface area contributed by atoms with Gasteiger partial charge in [0.05, 0.1) is 6.04 Å². The lowest BCUT2D eigenvalue weighted by molar-refractivity contribution is 0.0546. The summed E-state index contributed by atoms with van der Waals surface area (Å²) in [7, 11) is 0.